The van der Waals surface area contributed by atoms with E-state index in [0.29, 0.717) is 11.3 Å². The lowest BCUT2D eigenvalue weighted by molar-refractivity contribution is 0.367. The topological polar surface area (TPSA) is 125 Å². The minimum Gasteiger partial charge on any atom is -0.759 e. The summed E-state index contributed by atoms with van der Waals surface area (Å²) in [5.41, 5.74) is 3.67. The molecule has 5 N–H and O–H groups in total. The zero-order valence-corrected chi connectivity index (χ0v) is 12.0. The second kappa shape index (κ2) is 6.94. The van der Waals surface area contributed by atoms with Gasteiger partial charge in [0.2, 0.25) is 5.75 Å². The van der Waals surface area contributed by atoms with Crippen molar-refractivity contribution in [3.05, 3.63) is 53.6 Å². The lowest BCUT2D eigenvalue weighted by Gasteiger charge is -2.14. The van der Waals surface area contributed by atoms with E-state index in [9.17, 15) is 24.1 Å². The number of nitrogens with one attached hydrogen (secondary N) is 2. The van der Waals surface area contributed by atoms with Gasteiger partial charge in [0.1, 0.15) is 0 Å². The average molecular weight is 321 g/mol. The van der Waals surface area contributed by atoms with Crippen LogP contribution in [0, 0.1) is 0 Å². The summed E-state index contributed by atoms with van der Waals surface area (Å²) in [7, 11) is 0. The molecule has 0 bridgehead atoms. The monoisotopic (exact) mass is 321 g/mol. The summed E-state index contributed by atoms with van der Waals surface area (Å²) in [5, 5.41) is 28.7. The maximum atomic E-state index is 10.6. The normalized spacial score (nSPS) is 12.9. The summed E-state index contributed by atoms with van der Waals surface area (Å²) in [6.45, 7) is 0. The number of rotatable bonds is 5. The van der Waals surface area contributed by atoms with Crippen molar-refractivity contribution in [1.82, 2.24) is 10.3 Å². The fraction of sp³-hybridized carbons (Fsp3) is 0. The Hall–Kier alpha value is -2.55. The van der Waals surface area contributed by atoms with Crippen LogP contribution in [0.3, 0.4) is 0 Å². The predicted octanol–water partition coefficient (Wildman–Crippen LogP) is 1.19. The maximum absolute atomic E-state index is 10.6. The Morgan fingerprint density at radius 3 is 2.36 bits per heavy atom. The number of aromatic hydroxyl groups is 3. The molecule has 0 aliphatic rings. The van der Waals surface area contributed by atoms with Gasteiger partial charge in [0, 0.05) is 16.8 Å². The van der Waals surface area contributed by atoms with E-state index in [1.807, 2.05) is 4.83 Å². The van der Waals surface area contributed by atoms with E-state index < -0.39 is 28.5 Å². The number of phenols is 3. The van der Waals surface area contributed by atoms with Gasteiger partial charge in [0.15, 0.2) is 11.5 Å². The fourth-order valence-electron chi connectivity index (χ4n) is 1.76. The largest absolute Gasteiger partial charge is 0.759 e. The number of phenolic OH excluding ortho intramolecular Hbond substituents is 3. The molecule has 0 aliphatic heterocycles. The molecule has 0 radical (unpaired) electrons. The molecule has 0 heterocycles. The Morgan fingerprint density at radius 2 is 1.73 bits per heavy atom. The van der Waals surface area contributed by atoms with Crippen molar-refractivity contribution in [2.45, 2.75) is 0 Å². The fourth-order valence-corrected chi connectivity index (χ4v) is 1.96. The van der Waals surface area contributed by atoms with Gasteiger partial charge in [-0.1, -0.05) is 30.3 Å². The lowest BCUT2D eigenvalue weighted by atomic mass is 10.1. The van der Waals surface area contributed by atoms with Gasteiger partial charge in [-0.05, 0) is 23.8 Å². The third-order valence-corrected chi connectivity index (χ3v) is 3.08. The molecule has 7 nitrogen and oxygen atoms in total. The third-order valence-electron chi connectivity index (χ3n) is 2.81. The van der Waals surface area contributed by atoms with Crippen molar-refractivity contribution in [1.29, 1.82) is 0 Å². The maximum Gasteiger partial charge on any atom is 0.200 e. The molecule has 0 aliphatic carbocycles. The first-order valence-electron chi connectivity index (χ1n) is 6.11. The van der Waals surface area contributed by atoms with Crippen molar-refractivity contribution in [2.75, 3.05) is 0 Å². The van der Waals surface area contributed by atoms with E-state index >= 15 is 0 Å². The molecule has 8 heteroatoms. The van der Waals surface area contributed by atoms with Gasteiger partial charge in [0.25, 0.3) is 0 Å². The summed E-state index contributed by atoms with van der Waals surface area (Å²) < 4.78 is 21.3. The molecule has 0 spiro atoms. The lowest BCUT2D eigenvalue weighted by Crippen LogP contribution is -2.31. The molecule has 1 unspecified atom stereocenters. The van der Waals surface area contributed by atoms with Gasteiger partial charge in [-0.15, -0.1) is 0 Å². The molecule has 2 aromatic rings. The highest BCUT2D eigenvalue weighted by Gasteiger charge is 2.11. The van der Waals surface area contributed by atoms with E-state index in [1.54, 1.807) is 30.3 Å². The van der Waals surface area contributed by atoms with E-state index in [4.69, 9.17) is 0 Å². The smallest absolute Gasteiger partial charge is 0.200 e. The zero-order valence-electron chi connectivity index (χ0n) is 11.2. The molecule has 116 valence electrons. The zero-order chi connectivity index (χ0) is 16.1. The summed E-state index contributed by atoms with van der Waals surface area (Å²) in [6, 6.07) is 11.4. The quantitative estimate of drug-likeness (QED) is 0.244. The molecule has 0 saturated heterocycles. The van der Waals surface area contributed by atoms with Crippen LogP contribution in [0.5, 0.6) is 17.2 Å². The standard InChI is InChI=1S/C14H14N2O5S/c17-12-7-6-10(13(18)14(12)19)8-11(15-16-22(20)21)9-4-2-1-3-5-9/h1-8,15-19H,(H,20,21)/p-1/b11-8-. The Balaban J connectivity index is 2.44. The van der Waals surface area contributed by atoms with Crippen molar-refractivity contribution in [3.63, 3.8) is 0 Å². The molecular formula is C14H13N2O5S-. The molecule has 2 aromatic carbocycles. The van der Waals surface area contributed by atoms with Gasteiger partial charge in [-0.3, -0.25) is 4.21 Å². The van der Waals surface area contributed by atoms with Crippen LogP contribution in [-0.2, 0) is 11.3 Å². The van der Waals surface area contributed by atoms with Crippen LogP contribution in [0.15, 0.2) is 42.5 Å². The highest BCUT2D eigenvalue weighted by atomic mass is 32.2. The van der Waals surface area contributed by atoms with Crippen molar-refractivity contribution < 1.29 is 24.1 Å². The second-order valence-electron chi connectivity index (χ2n) is 4.26. The Bertz CT molecular complexity index is 719. The van der Waals surface area contributed by atoms with Crippen LogP contribution in [-0.4, -0.2) is 24.1 Å². The van der Waals surface area contributed by atoms with Crippen molar-refractivity contribution in [3.8, 4) is 17.2 Å². The summed E-state index contributed by atoms with van der Waals surface area (Å²) >= 11 is -2.54. The van der Waals surface area contributed by atoms with Crippen LogP contribution in [0.4, 0.5) is 0 Å². The Kier molecular flexibility index (Phi) is 4.99. The molecule has 0 aromatic heterocycles. The Morgan fingerprint density at radius 1 is 1.05 bits per heavy atom. The van der Waals surface area contributed by atoms with Gasteiger partial charge in [-0.2, -0.15) is 4.83 Å². The Labute approximate surface area is 128 Å². The molecule has 2 rings (SSSR count). The first-order valence-corrected chi connectivity index (χ1v) is 7.18. The van der Waals surface area contributed by atoms with Crippen LogP contribution in [0.1, 0.15) is 11.1 Å². The number of hydrogen-bond donors (Lipinski definition) is 5. The van der Waals surface area contributed by atoms with Crippen molar-refractivity contribution >= 4 is 23.0 Å². The SMILES string of the molecule is O=S([O-])NN/C(=C\c1ccc(O)c(O)c1O)c1ccccc1. The van der Waals surface area contributed by atoms with Crippen LogP contribution < -0.4 is 10.3 Å². The van der Waals surface area contributed by atoms with Gasteiger partial charge < -0.3 is 25.3 Å². The van der Waals surface area contributed by atoms with Crippen LogP contribution in [0.25, 0.3) is 11.8 Å². The first kappa shape index (κ1) is 15.8. The number of hydrogen-bond acceptors (Lipinski definition) is 6. The minimum atomic E-state index is -2.54. The van der Waals surface area contributed by atoms with Gasteiger partial charge >= 0.3 is 0 Å². The molecule has 0 amide bonds. The van der Waals surface area contributed by atoms with Gasteiger partial charge in [-0.25, -0.2) is 0 Å². The molecule has 22 heavy (non-hydrogen) atoms. The average Bonchev–Trinajstić information content (AvgIpc) is 2.52. The molecule has 0 saturated carbocycles. The van der Waals surface area contributed by atoms with Gasteiger partial charge in [0.05, 0.1) is 5.70 Å². The second-order valence-corrected chi connectivity index (χ2v) is 4.93. The highest BCUT2D eigenvalue weighted by molar-refractivity contribution is 7.77. The highest BCUT2D eigenvalue weighted by Crippen LogP contribution is 2.38. The number of benzene rings is 2. The summed E-state index contributed by atoms with van der Waals surface area (Å²) in [5.74, 6) is -1.62. The van der Waals surface area contributed by atoms with Crippen LogP contribution in [0.2, 0.25) is 0 Å². The summed E-state index contributed by atoms with van der Waals surface area (Å²) in [6.07, 6.45) is 1.42. The molecular weight excluding hydrogens is 308 g/mol. The van der Waals surface area contributed by atoms with Crippen LogP contribution >= 0.6 is 0 Å². The van der Waals surface area contributed by atoms with Crippen molar-refractivity contribution in [2.24, 2.45) is 0 Å². The minimum absolute atomic E-state index is 0.195. The first-order chi connectivity index (χ1) is 10.5. The van der Waals surface area contributed by atoms with E-state index in [-0.39, 0.29) is 5.56 Å². The molecule has 1 atom stereocenters. The predicted molar refractivity (Wildman–Crippen MR) is 80.9 cm³/mol. The molecule has 0 fully saturated rings. The van der Waals surface area contributed by atoms with E-state index in [0.717, 1.165) is 0 Å². The van der Waals surface area contributed by atoms with E-state index in [1.165, 1.54) is 18.2 Å². The number of hydrazine groups is 1. The third kappa shape index (κ3) is 3.76. The summed E-state index contributed by atoms with van der Waals surface area (Å²) in [4.78, 5) is 2.01. The van der Waals surface area contributed by atoms with E-state index in [2.05, 4.69) is 5.43 Å².